The van der Waals surface area contributed by atoms with Gasteiger partial charge >= 0.3 is 5.97 Å². The van der Waals surface area contributed by atoms with E-state index in [9.17, 15) is 14.4 Å². The standard InChI is InChI=1S/C24H28O4/c1-14-11-17-18-5-6-20(22(27)13-28-15(2)25)23(18,3)10-8-19(17)24(4)9-7-16(26)12-21(14)24/h6,8,12,17-18H,1,5,7,9-11,13H2,2-4H3/t17-,18-,23-,24+/m0/s1. The van der Waals surface area contributed by atoms with E-state index in [0.717, 1.165) is 42.4 Å². The number of ketones is 2. The molecular weight excluding hydrogens is 352 g/mol. The zero-order chi connectivity index (χ0) is 20.3. The van der Waals surface area contributed by atoms with Crippen molar-refractivity contribution in [2.45, 2.75) is 52.9 Å². The number of esters is 1. The second kappa shape index (κ2) is 6.40. The molecule has 0 radical (unpaired) electrons. The number of Topliss-reactive ketones (excluding diaryl/α,β-unsaturated/α-hetero) is 1. The average molecular weight is 380 g/mol. The molecule has 4 aliphatic rings. The second-order valence-corrected chi connectivity index (χ2v) is 9.22. The van der Waals surface area contributed by atoms with E-state index in [4.69, 9.17) is 4.74 Å². The molecule has 1 fully saturated rings. The molecule has 0 N–H and O–H groups in total. The van der Waals surface area contributed by atoms with Gasteiger partial charge in [-0.1, -0.05) is 43.7 Å². The highest BCUT2D eigenvalue weighted by molar-refractivity contribution is 5.99. The van der Waals surface area contributed by atoms with Crippen molar-refractivity contribution in [1.82, 2.24) is 0 Å². The van der Waals surface area contributed by atoms with Crippen LogP contribution in [0.2, 0.25) is 0 Å². The number of ether oxygens (including phenoxy) is 1. The second-order valence-electron chi connectivity index (χ2n) is 9.22. The number of hydrogen-bond donors (Lipinski definition) is 0. The Balaban J connectivity index is 1.67. The summed E-state index contributed by atoms with van der Waals surface area (Å²) in [4.78, 5) is 35.8. The number of hydrogen-bond acceptors (Lipinski definition) is 4. The van der Waals surface area contributed by atoms with Crippen molar-refractivity contribution in [2.75, 3.05) is 6.61 Å². The maximum absolute atomic E-state index is 12.7. The number of carbonyl (C=O) groups excluding carboxylic acids is 3. The van der Waals surface area contributed by atoms with Crippen molar-refractivity contribution >= 4 is 17.5 Å². The fourth-order valence-corrected chi connectivity index (χ4v) is 6.13. The number of fused-ring (bicyclic) bond motifs is 5. The Labute approximate surface area is 166 Å². The fourth-order valence-electron chi connectivity index (χ4n) is 6.13. The highest BCUT2D eigenvalue weighted by atomic mass is 16.5. The van der Waals surface area contributed by atoms with Crippen LogP contribution in [0.15, 0.2) is 47.1 Å². The molecule has 4 rings (SSSR count). The molecular formula is C24H28O4. The molecule has 0 saturated heterocycles. The van der Waals surface area contributed by atoms with Gasteiger partial charge in [0.1, 0.15) is 0 Å². The lowest BCUT2D eigenvalue weighted by molar-refractivity contribution is -0.145. The first kappa shape index (κ1) is 19.1. The minimum Gasteiger partial charge on any atom is -0.457 e. The number of allylic oxidation sites excluding steroid dienone is 6. The van der Waals surface area contributed by atoms with Crippen molar-refractivity contribution in [3.05, 3.63) is 47.1 Å². The van der Waals surface area contributed by atoms with Crippen LogP contribution in [0.5, 0.6) is 0 Å². The SMILES string of the molecule is C=C1C[C@@H]2C(=CC[C@]3(C)C(C(=O)COC(C)=O)=CC[C@@H]23)[C@@]2(C)CCC(=O)C=C12. The van der Waals surface area contributed by atoms with Crippen molar-refractivity contribution < 1.29 is 19.1 Å². The largest absolute Gasteiger partial charge is 0.457 e. The summed E-state index contributed by atoms with van der Waals surface area (Å²) in [7, 11) is 0. The van der Waals surface area contributed by atoms with Crippen LogP contribution in [0.1, 0.15) is 52.9 Å². The van der Waals surface area contributed by atoms with Gasteiger partial charge < -0.3 is 4.74 Å². The molecule has 0 aromatic heterocycles. The highest BCUT2D eigenvalue weighted by Crippen LogP contribution is 2.64. The van der Waals surface area contributed by atoms with E-state index in [-0.39, 0.29) is 29.0 Å². The maximum Gasteiger partial charge on any atom is 0.303 e. The van der Waals surface area contributed by atoms with Crippen LogP contribution in [-0.2, 0) is 19.1 Å². The normalized spacial score (nSPS) is 36.5. The van der Waals surface area contributed by atoms with Crippen molar-refractivity contribution in [1.29, 1.82) is 0 Å². The van der Waals surface area contributed by atoms with Gasteiger partial charge in [0, 0.05) is 29.7 Å². The van der Waals surface area contributed by atoms with Gasteiger partial charge in [0.05, 0.1) is 0 Å². The molecule has 0 amide bonds. The maximum atomic E-state index is 12.7. The summed E-state index contributed by atoms with van der Waals surface area (Å²) in [6.07, 6.45) is 10.2. The molecule has 28 heavy (non-hydrogen) atoms. The van der Waals surface area contributed by atoms with Gasteiger partial charge in [-0.3, -0.25) is 14.4 Å². The Hall–Kier alpha value is -2.23. The quantitative estimate of drug-likeness (QED) is 0.542. The van der Waals surface area contributed by atoms with Crippen molar-refractivity contribution in [2.24, 2.45) is 22.7 Å². The van der Waals surface area contributed by atoms with Gasteiger partial charge in [-0.05, 0) is 49.2 Å². The summed E-state index contributed by atoms with van der Waals surface area (Å²) in [5, 5.41) is 0. The lowest BCUT2D eigenvalue weighted by atomic mass is 9.50. The van der Waals surface area contributed by atoms with Crippen LogP contribution in [0, 0.1) is 22.7 Å². The van der Waals surface area contributed by atoms with Crippen LogP contribution in [0.25, 0.3) is 0 Å². The van der Waals surface area contributed by atoms with E-state index in [0.29, 0.717) is 18.3 Å². The Morgan fingerprint density at radius 2 is 2.04 bits per heavy atom. The van der Waals surface area contributed by atoms with Crippen LogP contribution < -0.4 is 0 Å². The van der Waals surface area contributed by atoms with Crippen molar-refractivity contribution in [3.63, 3.8) is 0 Å². The molecule has 4 atom stereocenters. The smallest absolute Gasteiger partial charge is 0.303 e. The zero-order valence-corrected chi connectivity index (χ0v) is 17.0. The Bertz CT molecular complexity index is 886. The number of rotatable bonds is 3. The van der Waals surface area contributed by atoms with Crippen LogP contribution >= 0.6 is 0 Å². The molecule has 4 aliphatic carbocycles. The molecule has 0 unspecified atom stereocenters. The summed E-state index contributed by atoms with van der Waals surface area (Å²) < 4.78 is 4.96. The van der Waals surface area contributed by atoms with Gasteiger partial charge in [-0.2, -0.15) is 0 Å². The molecule has 0 aromatic carbocycles. The predicted octanol–water partition coefficient (Wildman–Crippen LogP) is 4.27. The summed E-state index contributed by atoms with van der Waals surface area (Å²) in [6, 6.07) is 0. The van der Waals surface area contributed by atoms with Crippen LogP contribution in [-0.4, -0.2) is 24.1 Å². The first-order valence-electron chi connectivity index (χ1n) is 10.2. The highest BCUT2D eigenvalue weighted by Gasteiger charge is 2.55. The molecule has 0 heterocycles. The van der Waals surface area contributed by atoms with E-state index in [1.54, 1.807) is 0 Å². The summed E-state index contributed by atoms with van der Waals surface area (Å²) in [5.41, 5.74) is 4.09. The summed E-state index contributed by atoms with van der Waals surface area (Å²) in [5.74, 6) is 0.381. The lowest BCUT2D eigenvalue weighted by Crippen LogP contribution is -2.45. The molecule has 0 spiro atoms. The fraction of sp³-hybridized carbons (Fsp3) is 0.542. The average Bonchev–Trinajstić information content (AvgIpc) is 2.99. The minimum atomic E-state index is -0.429. The van der Waals surface area contributed by atoms with Gasteiger partial charge in [0.2, 0.25) is 0 Å². The first-order valence-corrected chi connectivity index (χ1v) is 10.2. The van der Waals surface area contributed by atoms with E-state index >= 15 is 0 Å². The molecule has 4 nitrogen and oxygen atoms in total. The molecule has 1 saturated carbocycles. The van der Waals surface area contributed by atoms with E-state index in [1.807, 2.05) is 6.08 Å². The monoisotopic (exact) mass is 380 g/mol. The number of carbonyl (C=O) groups is 3. The van der Waals surface area contributed by atoms with Crippen LogP contribution in [0.3, 0.4) is 0 Å². The predicted molar refractivity (Wildman–Crippen MR) is 106 cm³/mol. The summed E-state index contributed by atoms with van der Waals surface area (Å²) in [6.45, 7) is 9.90. The van der Waals surface area contributed by atoms with E-state index < -0.39 is 5.97 Å². The molecule has 0 aliphatic heterocycles. The van der Waals surface area contributed by atoms with Gasteiger partial charge in [-0.15, -0.1) is 0 Å². The topological polar surface area (TPSA) is 60.4 Å². The van der Waals surface area contributed by atoms with Crippen molar-refractivity contribution in [3.8, 4) is 0 Å². The van der Waals surface area contributed by atoms with E-state index in [2.05, 4.69) is 32.6 Å². The molecule has 0 aromatic rings. The lowest BCUT2D eigenvalue weighted by Gasteiger charge is -2.53. The molecule has 0 bridgehead atoms. The van der Waals surface area contributed by atoms with E-state index in [1.165, 1.54) is 12.5 Å². The Morgan fingerprint density at radius 1 is 1.29 bits per heavy atom. The van der Waals surface area contributed by atoms with Crippen LogP contribution in [0.4, 0.5) is 0 Å². The molecule has 4 heteroatoms. The van der Waals surface area contributed by atoms with Gasteiger partial charge in [0.25, 0.3) is 0 Å². The minimum absolute atomic E-state index is 0.0817. The Morgan fingerprint density at radius 3 is 2.75 bits per heavy atom. The third kappa shape index (κ3) is 2.68. The third-order valence-corrected chi connectivity index (χ3v) is 7.60. The first-order chi connectivity index (χ1) is 13.2. The summed E-state index contributed by atoms with van der Waals surface area (Å²) >= 11 is 0. The Kier molecular flexibility index (Phi) is 4.36. The molecule has 148 valence electrons. The third-order valence-electron chi connectivity index (χ3n) is 7.60. The zero-order valence-electron chi connectivity index (χ0n) is 17.0. The van der Waals surface area contributed by atoms with Gasteiger partial charge in [-0.25, -0.2) is 0 Å². The van der Waals surface area contributed by atoms with Gasteiger partial charge in [0.15, 0.2) is 18.2 Å².